The van der Waals surface area contributed by atoms with E-state index in [1.807, 2.05) is 0 Å². The molecule has 1 saturated carbocycles. The Labute approximate surface area is 122 Å². The van der Waals surface area contributed by atoms with Crippen LogP contribution in [0.3, 0.4) is 0 Å². The number of hydrogen-bond donors (Lipinski definition) is 2. The van der Waals surface area contributed by atoms with Crippen molar-refractivity contribution in [2.75, 3.05) is 6.54 Å². The molecule has 0 unspecified atom stereocenters. The second kappa shape index (κ2) is 6.45. The molecule has 108 valence electrons. The molecular formula is C18H27N2+. The highest BCUT2D eigenvalue weighted by atomic mass is 14.9. The van der Waals surface area contributed by atoms with Gasteiger partial charge in [-0.3, -0.25) is 0 Å². The van der Waals surface area contributed by atoms with Gasteiger partial charge >= 0.3 is 0 Å². The van der Waals surface area contributed by atoms with E-state index in [0.717, 1.165) is 12.0 Å². The van der Waals surface area contributed by atoms with Gasteiger partial charge in [-0.15, -0.1) is 0 Å². The minimum atomic E-state index is 0.878. The summed E-state index contributed by atoms with van der Waals surface area (Å²) in [5.74, 6) is 1.01. The van der Waals surface area contributed by atoms with Crippen LogP contribution in [0.2, 0.25) is 0 Å². The van der Waals surface area contributed by atoms with E-state index in [9.17, 15) is 0 Å². The Morgan fingerprint density at radius 2 is 1.95 bits per heavy atom. The van der Waals surface area contributed by atoms with Crippen LogP contribution in [0.25, 0.3) is 10.9 Å². The second-order valence-corrected chi connectivity index (χ2v) is 6.32. The molecule has 0 bridgehead atoms. The van der Waals surface area contributed by atoms with E-state index in [-0.39, 0.29) is 0 Å². The molecule has 1 aliphatic carbocycles. The zero-order chi connectivity index (χ0) is 13.8. The Bertz CT molecular complexity index is 535. The van der Waals surface area contributed by atoms with Gasteiger partial charge in [0.05, 0.1) is 12.6 Å². The molecule has 0 amide bonds. The van der Waals surface area contributed by atoms with Gasteiger partial charge in [0.25, 0.3) is 0 Å². The maximum atomic E-state index is 3.38. The Morgan fingerprint density at radius 3 is 2.75 bits per heavy atom. The Kier molecular flexibility index (Phi) is 4.41. The zero-order valence-electron chi connectivity index (χ0n) is 12.6. The van der Waals surface area contributed by atoms with E-state index in [1.54, 1.807) is 0 Å². The van der Waals surface area contributed by atoms with Crippen LogP contribution in [0.15, 0.2) is 30.5 Å². The normalized spacial score (nSPS) is 23.2. The first kappa shape index (κ1) is 13.7. The van der Waals surface area contributed by atoms with E-state index in [2.05, 4.69) is 47.7 Å². The molecule has 2 heteroatoms. The Balaban J connectivity index is 1.48. The van der Waals surface area contributed by atoms with Crippen molar-refractivity contribution in [2.45, 2.75) is 51.5 Å². The summed E-state index contributed by atoms with van der Waals surface area (Å²) in [7, 11) is 0. The molecule has 0 aliphatic heterocycles. The van der Waals surface area contributed by atoms with Crippen molar-refractivity contribution in [2.24, 2.45) is 5.92 Å². The van der Waals surface area contributed by atoms with Crippen LogP contribution in [-0.2, 0) is 6.42 Å². The van der Waals surface area contributed by atoms with Gasteiger partial charge in [0.1, 0.15) is 0 Å². The Hall–Kier alpha value is -1.28. The van der Waals surface area contributed by atoms with Crippen LogP contribution < -0.4 is 5.32 Å². The lowest BCUT2D eigenvalue weighted by atomic mass is 9.84. The van der Waals surface area contributed by atoms with Crippen molar-refractivity contribution in [3.8, 4) is 0 Å². The van der Waals surface area contributed by atoms with Crippen LogP contribution in [0, 0.1) is 5.92 Å². The maximum absolute atomic E-state index is 3.38. The van der Waals surface area contributed by atoms with Gasteiger partial charge < -0.3 is 10.3 Å². The maximum Gasteiger partial charge on any atom is 0.0859 e. The van der Waals surface area contributed by atoms with E-state index >= 15 is 0 Å². The minimum absolute atomic E-state index is 0.878. The summed E-state index contributed by atoms with van der Waals surface area (Å²) in [5.41, 5.74) is 2.74. The lowest BCUT2D eigenvalue weighted by Gasteiger charge is -2.26. The third-order valence-electron chi connectivity index (χ3n) is 5.06. The third-order valence-corrected chi connectivity index (χ3v) is 5.06. The lowest BCUT2D eigenvalue weighted by Crippen LogP contribution is -2.90. The summed E-state index contributed by atoms with van der Waals surface area (Å²) >= 11 is 0. The lowest BCUT2D eigenvalue weighted by molar-refractivity contribution is -0.691. The number of nitrogens with one attached hydrogen (secondary N) is 1. The second-order valence-electron chi connectivity index (χ2n) is 6.32. The molecule has 2 nitrogen and oxygen atoms in total. The summed E-state index contributed by atoms with van der Waals surface area (Å²) in [4.78, 5) is 3.38. The quantitative estimate of drug-likeness (QED) is 0.837. The molecule has 1 heterocycles. The van der Waals surface area contributed by atoms with Crippen molar-refractivity contribution in [3.05, 3.63) is 36.0 Å². The Morgan fingerprint density at radius 1 is 1.15 bits per heavy atom. The fourth-order valence-electron chi connectivity index (χ4n) is 3.65. The molecular weight excluding hydrogens is 244 g/mol. The molecule has 1 aromatic carbocycles. The summed E-state index contributed by atoms with van der Waals surface area (Å²) in [6, 6.07) is 9.50. The molecule has 3 rings (SSSR count). The largest absolute Gasteiger partial charge is 0.361 e. The smallest absolute Gasteiger partial charge is 0.0859 e. The number of benzene rings is 1. The van der Waals surface area contributed by atoms with Gasteiger partial charge in [-0.2, -0.15) is 0 Å². The van der Waals surface area contributed by atoms with Crippen LogP contribution in [0.1, 0.15) is 44.6 Å². The molecule has 0 saturated heterocycles. The van der Waals surface area contributed by atoms with Gasteiger partial charge in [-0.05, 0) is 43.2 Å². The van der Waals surface area contributed by atoms with E-state index in [0.29, 0.717) is 0 Å². The molecule has 20 heavy (non-hydrogen) atoms. The summed E-state index contributed by atoms with van der Waals surface area (Å²) in [6.45, 7) is 3.56. The highest BCUT2D eigenvalue weighted by Gasteiger charge is 2.21. The monoisotopic (exact) mass is 271 g/mol. The highest BCUT2D eigenvalue weighted by molar-refractivity contribution is 5.82. The van der Waals surface area contributed by atoms with E-state index in [1.165, 1.54) is 61.5 Å². The van der Waals surface area contributed by atoms with Gasteiger partial charge in [-0.25, -0.2) is 0 Å². The minimum Gasteiger partial charge on any atom is -0.361 e. The number of hydrogen-bond acceptors (Lipinski definition) is 0. The molecule has 0 atom stereocenters. The van der Waals surface area contributed by atoms with E-state index in [4.69, 9.17) is 0 Å². The zero-order valence-corrected chi connectivity index (χ0v) is 12.6. The summed E-state index contributed by atoms with van der Waals surface area (Å²) in [6.07, 6.45) is 10.5. The first-order valence-corrected chi connectivity index (χ1v) is 8.25. The van der Waals surface area contributed by atoms with Gasteiger partial charge in [0.2, 0.25) is 0 Å². The third kappa shape index (κ3) is 3.06. The van der Waals surface area contributed by atoms with E-state index < -0.39 is 0 Å². The van der Waals surface area contributed by atoms with Crippen molar-refractivity contribution in [3.63, 3.8) is 0 Å². The molecule has 1 fully saturated rings. The number of rotatable bonds is 5. The van der Waals surface area contributed by atoms with Crippen molar-refractivity contribution in [1.82, 2.24) is 4.98 Å². The number of H-pyrrole nitrogens is 1. The summed E-state index contributed by atoms with van der Waals surface area (Å²) < 4.78 is 0. The van der Waals surface area contributed by atoms with Crippen LogP contribution in [0.4, 0.5) is 0 Å². The number of fused-ring (bicyclic) bond motifs is 1. The number of aromatic nitrogens is 1. The average molecular weight is 271 g/mol. The molecule has 1 aliphatic rings. The topological polar surface area (TPSA) is 32.4 Å². The van der Waals surface area contributed by atoms with Crippen LogP contribution in [-0.4, -0.2) is 17.6 Å². The predicted molar refractivity (Wildman–Crippen MR) is 84.8 cm³/mol. The van der Waals surface area contributed by atoms with Crippen LogP contribution >= 0.6 is 0 Å². The number of nitrogens with two attached hydrogens (primary N) is 1. The number of quaternary nitrogens is 1. The van der Waals surface area contributed by atoms with Crippen LogP contribution in [0.5, 0.6) is 0 Å². The average Bonchev–Trinajstić information content (AvgIpc) is 2.92. The highest BCUT2D eigenvalue weighted by Crippen LogP contribution is 2.24. The van der Waals surface area contributed by atoms with Gasteiger partial charge in [0.15, 0.2) is 0 Å². The molecule has 3 N–H and O–H groups in total. The van der Waals surface area contributed by atoms with Crippen molar-refractivity contribution in [1.29, 1.82) is 0 Å². The summed E-state index contributed by atoms with van der Waals surface area (Å²) in [5, 5.41) is 3.99. The standard InChI is InChI=1S/C18H26N2/c1-2-14-7-9-16(10-8-14)19-12-11-15-13-20-18-6-4-3-5-17(15)18/h3-6,13-14,16,19-20H,2,7-12H2,1H3/p+1. The molecule has 1 aromatic heterocycles. The molecule has 0 spiro atoms. The first-order chi connectivity index (χ1) is 9.86. The first-order valence-electron chi connectivity index (χ1n) is 8.25. The fraction of sp³-hybridized carbons (Fsp3) is 0.556. The molecule has 0 radical (unpaired) electrons. The van der Waals surface area contributed by atoms with Gasteiger partial charge in [0, 0.05) is 23.5 Å². The number of para-hydroxylation sites is 1. The van der Waals surface area contributed by atoms with Gasteiger partial charge in [-0.1, -0.05) is 31.5 Å². The van der Waals surface area contributed by atoms with Crippen molar-refractivity contribution >= 4 is 10.9 Å². The van der Waals surface area contributed by atoms with Crippen molar-refractivity contribution < 1.29 is 5.32 Å². The predicted octanol–water partition coefficient (Wildman–Crippen LogP) is 3.24. The SMILES string of the molecule is CCC1CCC([NH2+]CCc2c[nH]c3ccccc23)CC1. The fourth-order valence-corrected chi connectivity index (χ4v) is 3.65. The molecule has 2 aromatic rings. The number of aromatic amines is 1.